The summed E-state index contributed by atoms with van der Waals surface area (Å²) in [4.78, 5) is 59.7. The molecule has 2 aliphatic rings. The second-order valence-electron chi connectivity index (χ2n) is 7.23. The van der Waals surface area contributed by atoms with Crippen molar-refractivity contribution in [1.29, 1.82) is 0 Å². The summed E-state index contributed by atoms with van der Waals surface area (Å²) in [7, 11) is 0. The summed E-state index contributed by atoms with van der Waals surface area (Å²) in [5.41, 5.74) is 1.03. The highest BCUT2D eigenvalue weighted by molar-refractivity contribution is 6.26. The van der Waals surface area contributed by atoms with Crippen LogP contribution in [0.3, 0.4) is 0 Å². The molecule has 2 aliphatic heterocycles. The lowest BCUT2D eigenvalue weighted by Crippen LogP contribution is -2.42. The Morgan fingerprint density at radius 1 is 1.10 bits per heavy atom. The van der Waals surface area contributed by atoms with Crippen LogP contribution in [0.2, 0.25) is 0 Å². The lowest BCUT2D eigenvalue weighted by atomic mass is 9.76. The number of hydrogen-bond donors (Lipinski definition) is 3. The van der Waals surface area contributed by atoms with Gasteiger partial charge in [0.1, 0.15) is 11.6 Å². The minimum atomic E-state index is -1.18. The average molecular weight is 408 g/mol. The summed E-state index contributed by atoms with van der Waals surface area (Å²) < 4.78 is 5.07. The highest BCUT2D eigenvalue weighted by Crippen LogP contribution is 2.42. The van der Waals surface area contributed by atoms with Crippen LogP contribution in [0.15, 0.2) is 50.2 Å². The van der Waals surface area contributed by atoms with Gasteiger partial charge in [-0.1, -0.05) is 29.8 Å². The largest absolute Gasteiger partial charge is 0.465 e. The van der Waals surface area contributed by atoms with Crippen molar-refractivity contribution in [3.05, 3.63) is 73.2 Å². The first-order valence-corrected chi connectivity index (χ1v) is 9.52. The van der Waals surface area contributed by atoms with E-state index >= 15 is 0 Å². The van der Waals surface area contributed by atoms with E-state index in [9.17, 15) is 19.2 Å². The van der Waals surface area contributed by atoms with Gasteiger partial charge in [0.2, 0.25) is 0 Å². The number of aromatic amines is 2. The molecule has 0 spiro atoms. The van der Waals surface area contributed by atoms with E-state index in [4.69, 9.17) is 4.74 Å². The van der Waals surface area contributed by atoms with Gasteiger partial charge >= 0.3 is 11.7 Å². The minimum Gasteiger partial charge on any atom is -0.465 e. The van der Waals surface area contributed by atoms with Crippen LogP contribution >= 0.6 is 0 Å². The van der Waals surface area contributed by atoms with Gasteiger partial charge in [0.15, 0.2) is 11.7 Å². The number of aliphatic imine (C=N–C) groups is 1. The van der Waals surface area contributed by atoms with Crippen LogP contribution in [-0.2, 0) is 14.3 Å². The maximum atomic E-state index is 13.5. The summed E-state index contributed by atoms with van der Waals surface area (Å²) in [6.07, 6.45) is 0. The topological polar surface area (TPSA) is 133 Å². The molecule has 154 valence electrons. The van der Waals surface area contributed by atoms with Crippen LogP contribution in [0.25, 0.3) is 0 Å². The fraction of sp³-hybridized carbons (Fsp3) is 0.286. The van der Waals surface area contributed by atoms with Crippen LogP contribution in [0.4, 0.5) is 5.82 Å². The average Bonchev–Trinajstić information content (AvgIpc) is 2.67. The number of ether oxygens (including phenoxy) is 1. The normalized spacial score (nSPS) is 20.1. The summed E-state index contributed by atoms with van der Waals surface area (Å²) in [6.45, 7) is 5.28. The molecule has 4 rings (SSSR count). The molecule has 2 unspecified atom stereocenters. The third-order valence-corrected chi connectivity index (χ3v) is 5.22. The van der Waals surface area contributed by atoms with E-state index in [0.717, 1.165) is 5.56 Å². The Labute approximate surface area is 170 Å². The number of nitrogens with zero attached hydrogens (tertiary/aromatic N) is 1. The van der Waals surface area contributed by atoms with Crippen LogP contribution in [0.5, 0.6) is 0 Å². The lowest BCUT2D eigenvalue weighted by molar-refractivity contribution is -0.148. The summed E-state index contributed by atoms with van der Waals surface area (Å²) in [5, 5.41) is 2.89. The second kappa shape index (κ2) is 7.25. The highest BCUT2D eigenvalue weighted by atomic mass is 16.5. The van der Waals surface area contributed by atoms with Crippen LogP contribution in [-0.4, -0.2) is 34.0 Å². The van der Waals surface area contributed by atoms with Crippen molar-refractivity contribution < 1.29 is 14.3 Å². The van der Waals surface area contributed by atoms with Crippen LogP contribution in [0, 0.1) is 12.8 Å². The van der Waals surface area contributed by atoms with E-state index in [1.807, 2.05) is 31.2 Å². The number of carbonyl (C=O) groups excluding carboxylic acids is 2. The Hall–Kier alpha value is -3.75. The van der Waals surface area contributed by atoms with E-state index in [0.29, 0.717) is 5.56 Å². The molecule has 0 saturated carbocycles. The minimum absolute atomic E-state index is 0.130. The van der Waals surface area contributed by atoms with Crippen molar-refractivity contribution in [2.24, 2.45) is 10.9 Å². The molecule has 2 aromatic rings. The quantitative estimate of drug-likeness (QED) is 0.519. The number of nitrogens with one attached hydrogen (secondary N) is 3. The standard InChI is InChI=1S/C21H20N4O5/c1-4-30-20(28)12-10(3)22-17-14(16(12)26)13(11-7-5-9(2)6-8-11)15-18(23-17)24-21(29)25-19(15)27/h5-8,12-13H,4H2,1-3H3,(H3,23,24,25,27,29). The fourth-order valence-corrected chi connectivity index (χ4v) is 3.87. The Bertz CT molecular complexity index is 1230. The van der Waals surface area contributed by atoms with E-state index in [1.54, 1.807) is 13.8 Å². The van der Waals surface area contributed by atoms with E-state index in [2.05, 4.69) is 20.3 Å². The van der Waals surface area contributed by atoms with Crippen molar-refractivity contribution in [3.8, 4) is 0 Å². The van der Waals surface area contributed by atoms with Gasteiger partial charge in [-0.15, -0.1) is 0 Å². The molecular formula is C21H20N4O5. The molecule has 1 aromatic carbocycles. The lowest BCUT2D eigenvalue weighted by Gasteiger charge is -2.33. The first-order valence-electron chi connectivity index (χ1n) is 9.52. The predicted molar refractivity (Wildman–Crippen MR) is 110 cm³/mol. The number of rotatable bonds is 3. The first kappa shape index (κ1) is 19.6. The van der Waals surface area contributed by atoms with Gasteiger partial charge in [-0.2, -0.15) is 0 Å². The number of allylic oxidation sites excluding steroid dienone is 1. The number of esters is 1. The molecule has 1 aromatic heterocycles. The van der Waals surface area contributed by atoms with Crippen LogP contribution in [0.1, 0.15) is 36.5 Å². The molecule has 0 saturated heterocycles. The zero-order valence-corrected chi connectivity index (χ0v) is 16.7. The van der Waals surface area contributed by atoms with Crippen molar-refractivity contribution in [1.82, 2.24) is 9.97 Å². The van der Waals surface area contributed by atoms with Crippen molar-refractivity contribution in [3.63, 3.8) is 0 Å². The molecule has 0 aliphatic carbocycles. The van der Waals surface area contributed by atoms with E-state index in [-0.39, 0.29) is 35.1 Å². The fourth-order valence-electron chi connectivity index (χ4n) is 3.87. The van der Waals surface area contributed by atoms with Gasteiger partial charge in [0, 0.05) is 5.71 Å². The van der Waals surface area contributed by atoms with Gasteiger partial charge in [-0.25, -0.2) is 9.79 Å². The molecule has 0 amide bonds. The predicted octanol–water partition coefficient (Wildman–Crippen LogP) is 1.36. The Morgan fingerprint density at radius 2 is 1.80 bits per heavy atom. The number of ketones is 1. The number of carbonyl (C=O) groups is 2. The summed E-state index contributed by atoms with van der Waals surface area (Å²) in [5.74, 6) is -2.77. The van der Waals surface area contributed by atoms with Crippen molar-refractivity contribution in [2.45, 2.75) is 26.7 Å². The van der Waals surface area contributed by atoms with Crippen molar-refractivity contribution in [2.75, 3.05) is 11.9 Å². The maximum Gasteiger partial charge on any atom is 0.327 e. The van der Waals surface area contributed by atoms with Crippen molar-refractivity contribution >= 4 is 23.3 Å². The van der Waals surface area contributed by atoms with Gasteiger partial charge in [0.05, 0.1) is 23.7 Å². The zero-order valence-electron chi connectivity index (χ0n) is 16.7. The zero-order chi connectivity index (χ0) is 21.6. The van der Waals surface area contributed by atoms with E-state index < -0.39 is 34.8 Å². The molecule has 9 nitrogen and oxygen atoms in total. The van der Waals surface area contributed by atoms with Gasteiger partial charge in [0.25, 0.3) is 5.56 Å². The molecule has 3 N–H and O–H groups in total. The number of aromatic nitrogens is 2. The van der Waals surface area contributed by atoms with Gasteiger partial charge < -0.3 is 10.1 Å². The Morgan fingerprint density at radius 3 is 2.47 bits per heavy atom. The number of H-pyrrole nitrogens is 2. The Kier molecular flexibility index (Phi) is 4.73. The second-order valence-corrected chi connectivity index (χ2v) is 7.23. The van der Waals surface area contributed by atoms with Gasteiger partial charge in [-0.3, -0.25) is 24.4 Å². The number of aryl methyl sites for hydroxylation is 1. The van der Waals surface area contributed by atoms with E-state index in [1.165, 1.54) is 0 Å². The number of fused-ring (bicyclic) bond motifs is 1. The summed E-state index contributed by atoms with van der Waals surface area (Å²) >= 11 is 0. The number of anilines is 1. The molecule has 9 heteroatoms. The highest BCUT2D eigenvalue weighted by Gasteiger charge is 2.44. The van der Waals surface area contributed by atoms with Crippen LogP contribution < -0.4 is 16.6 Å². The molecule has 3 heterocycles. The third-order valence-electron chi connectivity index (χ3n) is 5.22. The smallest absolute Gasteiger partial charge is 0.327 e. The monoisotopic (exact) mass is 408 g/mol. The van der Waals surface area contributed by atoms with Gasteiger partial charge in [-0.05, 0) is 26.3 Å². The molecule has 0 radical (unpaired) electrons. The molecule has 2 atom stereocenters. The third kappa shape index (κ3) is 3.08. The SMILES string of the molecule is CCOC(=O)C1C(=O)C2=C(N=C1C)Nc1[nH]c(=O)[nH]c(=O)c1C2c1ccc(C)cc1. The molecule has 0 bridgehead atoms. The first-order chi connectivity index (χ1) is 14.3. The Balaban J connectivity index is 1.96. The molecule has 30 heavy (non-hydrogen) atoms. The number of hydrogen-bond acceptors (Lipinski definition) is 7. The molecule has 0 fully saturated rings. The molecular weight excluding hydrogens is 388 g/mol. The number of benzene rings is 1. The number of Topliss-reactive ketones (excluding diaryl/α,β-unsaturated/α-hetero) is 1. The summed E-state index contributed by atoms with van der Waals surface area (Å²) in [6, 6.07) is 7.34. The maximum absolute atomic E-state index is 13.5.